The Morgan fingerprint density at radius 3 is 2.89 bits per heavy atom. The molecule has 1 aliphatic rings. The van der Waals surface area contributed by atoms with Crippen LogP contribution in [0.15, 0.2) is 29.3 Å². The summed E-state index contributed by atoms with van der Waals surface area (Å²) in [6, 6.07) is 7.94. The number of thioether (sulfide) groups is 1. The highest BCUT2D eigenvalue weighted by Gasteiger charge is 2.29. The molecule has 1 aromatic carbocycles. The number of aryl methyl sites for hydroxylation is 1. The van der Waals surface area contributed by atoms with Crippen LogP contribution in [0.2, 0.25) is 0 Å². The molecule has 1 aliphatic heterocycles. The molecule has 2 rings (SSSR count). The van der Waals surface area contributed by atoms with E-state index in [0.717, 1.165) is 35.7 Å². The summed E-state index contributed by atoms with van der Waals surface area (Å²) >= 11 is 1.55. The number of rotatable bonds is 4. The van der Waals surface area contributed by atoms with Crippen LogP contribution in [0.3, 0.4) is 0 Å². The first-order chi connectivity index (χ1) is 8.70. The molecule has 1 saturated heterocycles. The Kier molecular flexibility index (Phi) is 4.42. The Bertz CT molecular complexity index is 471. The highest BCUT2D eigenvalue weighted by atomic mass is 32.2. The second-order valence-electron chi connectivity index (χ2n) is 4.44. The van der Waals surface area contributed by atoms with E-state index in [1.54, 1.807) is 11.8 Å². The van der Waals surface area contributed by atoms with Gasteiger partial charge in [-0.3, -0.25) is 4.79 Å². The lowest BCUT2D eigenvalue weighted by molar-refractivity contribution is -0.118. The number of unbranched alkanes of at least 4 members (excludes halogenated alkanes) is 1. The summed E-state index contributed by atoms with van der Waals surface area (Å²) in [5.41, 5.74) is 2.05. The van der Waals surface area contributed by atoms with Gasteiger partial charge in [-0.1, -0.05) is 49.7 Å². The largest absolute Gasteiger partial charge is 0.304 e. The quantitative estimate of drug-likeness (QED) is 0.903. The van der Waals surface area contributed by atoms with Crippen LogP contribution < -0.4 is 5.32 Å². The summed E-state index contributed by atoms with van der Waals surface area (Å²) in [6.45, 7) is 4.16. The standard InChI is InChI=1S/C14H18N2OS/c1-3-4-9-12-13(17)16-14(18-12)15-11-8-6-5-7-10(11)2/h5-8,12H,3-4,9H2,1-2H3,(H,15,16,17). The average Bonchev–Trinajstić information content (AvgIpc) is 2.70. The Morgan fingerprint density at radius 2 is 2.17 bits per heavy atom. The molecular weight excluding hydrogens is 244 g/mol. The van der Waals surface area contributed by atoms with Gasteiger partial charge < -0.3 is 5.32 Å². The van der Waals surface area contributed by atoms with Crippen LogP contribution >= 0.6 is 11.8 Å². The molecule has 0 spiro atoms. The van der Waals surface area contributed by atoms with Gasteiger partial charge in [0.2, 0.25) is 5.91 Å². The predicted molar refractivity (Wildman–Crippen MR) is 77.3 cm³/mol. The zero-order valence-corrected chi connectivity index (χ0v) is 11.6. The molecule has 1 fully saturated rings. The maximum atomic E-state index is 11.8. The summed E-state index contributed by atoms with van der Waals surface area (Å²) in [5.74, 6) is 0.0979. The summed E-state index contributed by atoms with van der Waals surface area (Å²) in [7, 11) is 0. The summed E-state index contributed by atoms with van der Waals surface area (Å²) in [5, 5.41) is 3.63. The number of aliphatic imine (C=N–C) groups is 1. The van der Waals surface area contributed by atoms with E-state index in [-0.39, 0.29) is 11.2 Å². The topological polar surface area (TPSA) is 41.5 Å². The Morgan fingerprint density at radius 1 is 1.39 bits per heavy atom. The van der Waals surface area contributed by atoms with Crippen LogP contribution in [-0.4, -0.2) is 16.3 Å². The van der Waals surface area contributed by atoms with Gasteiger partial charge in [-0.05, 0) is 25.0 Å². The fraction of sp³-hybridized carbons (Fsp3) is 0.429. The molecule has 1 amide bonds. The van der Waals surface area contributed by atoms with E-state index in [0.29, 0.717) is 0 Å². The van der Waals surface area contributed by atoms with E-state index >= 15 is 0 Å². The number of nitrogens with one attached hydrogen (secondary N) is 1. The number of carbonyl (C=O) groups is 1. The fourth-order valence-electron chi connectivity index (χ4n) is 1.84. The molecule has 0 bridgehead atoms. The first-order valence-electron chi connectivity index (χ1n) is 6.32. The molecule has 18 heavy (non-hydrogen) atoms. The lowest BCUT2D eigenvalue weighted by Crippen LogP contribution is -2.24. The lowest BCUT2D eigenvalue weighted by Gasteiger charge is -2.02. The van der Waals surface area contributed by atoms with Gasteiger partial charge in [-0.2, -0.15) is 0 Å². The zero-order valence-electron chi connectivity index (χ0n) is 10.8. The van der Waals surface area contributed by atoms with Crippen molar-refractivity contribution < 1.29 is 4.79 Å². The first kappa shape index (κ1) is 13.1. The number of hydrogen-bond donors (Lipinski definition) is 1. The van der Waals surface area contributed by atoms with Crippen molar-refractivity contribution in [3.05, 3.63) is 29.8 Å². The molecular formula is C14H18N2OS. The van der Waals surface area contributed by atoms with Crippen LogP contribution in [0.5, 0.6) is 0 Å². The molecule has 0 radical (unpaired) electrons. The summed E-state index contributed by atoms with van der Waals surface area (Å²) in [6.07, 6.45) is 3.14. The van der Waals surface area contributed by atoms with Crippen LogP contribution in [0.1, 0.15) is 31.7 Å². The lowest BCUT2D eigenvalue weighted by atomic mass is 10.2. The maximum Gasteiger partial charge on any atom is 0.239 e. The van der Waals surface area contributed by atoms with Crippen molar-refractivity contribution in [1.82, 2.24) is 5.32 Å². The maximum absolute atomic E-state index is 11.8. The molecule has 1 unspecified atom stereocenters. The van der Waals surface area contributed by atoms with E-state index in [9.17, 15) is 4.79 Å². The smallest absolute Gasteiger partial charge is 0.239 e. The third kappa shape index (κ3) is 3.13. The molecule has 1 heterocycles. The number of para-hydroxylation sites is 1. The zero-order chi connectivity index (χ0) is 13.0. The van der Waals surface area contributed by atoms with Crippen LogP contribution in [-0.2, 0) is 4.79 Å². The van der Waals surface area contributed by atoms with Crippen LogP contribution in [0.25, 0.3) is 0 Å². The Balaban J connectivity index is 2.08. The number of amidine groups is 1. The Labute approximate surface area is 112 Å². The minimum Gasteiger partial charge on any atom is -0.304 e. The number of hydrogen-bond acceptors (Lipinski definition) is 3. The third-order valence-electron chi connectivity index (χ3n) is 2.93. The second-order valence-corrected chi connectivity index (χ2v) is 5.63. The molecule has 4 heteroatoms. The number of nitrogens with zero attached hydrogens (tertiary/aromatic N) is 1. The van der Waals surface area contributed by atoms with Crippen molar-refractivity contribution >= 4 is 28.5 Å². The monoisotopic (exact) mass is 262 g/mol. The molecule has 1 aromatic rings. The highest BCUT2D eigenvalue weighted by molar-refractivity contribution is 8.15. The molecule has 96 valence electrons. The number of amides is 1. The number of carbonyl (C=O) groups excluding carboxylic acids is 1. The predicted octanol–water partition coefficient (Wildman–Crippen LogP) is 3.40. The summed E-state index contributed by atoms with van der Waals surface area (Å²) in [4.78, 5) is 16.3. The first-order valence-corrected chi connectivity index (χ1v) is 7.20. The van der Waals surface area contributed by atoms with E-state index in [1.165, 1.54) is 0 Å². The Hall–Kier alpha value is -1.29. The molecule has 0 aromatic heterocycles. The van der Waals surface area contributed by atoms with Gasteiger partial charge >= 0.3 is 0 Å². The average molecular weight is 262 g/mol. The molecule has 3 nitrogen and oxygen atoms in total. The van der Waals surface area contributed by atoms with E-state index in [2.05, 4.69) is 17.2 Å². The highest BCUT2D eigenvalue weighted by Crippen LogP contribution is 2.27. The molecule has 0 aliphatic carbocycles. The van der Waals surface area contributed by atoms with Gasteiger partial charge in [0.1, 0.15) is 0 Å². The van der Waals surface area contributed by atoms with Crippen molar-refractivity contribution in [3.8, 4) is 0 Å². The third-order valence-corrected chi connectivity index (χ3v) is 4.08. The van der Waals surface area contributed by atoms with E-state index in [1.807, 2.05) is 31.2 Å². The van der Waals surface area contributed by atoms with Crippen LogP contribution in [0.4, 0.5) is 5.69 Å². The minimum atomic E-state index is 0.0349. The van der Waals surface area contributed by atoms with Crippen molar-refractivity contribution in [2.45, 2.75) is 38.4 Å². The van der Waals surface area contributed by atoms with Gasteiger partial charge in [0.25, 0.3) is 0 Å². The second kappa shape index (κ2) is 6.05. The SMILES string of the molecule is CCCCC1SC(=Nc2ccccc2C)NC1=O. The van der Waals surface area contributed by atoms with Crippen molar-refractivity contribution in [2.75, 3.05) is 0 Å². The van der Waals surface area contributed by atoms with Crippen LogP contribution in [0, 0.1) is 6.92 Å². The van der Waals surface area contributed by atoms with Gasteiger partial charge in [-0.25, -0.2) is 4.99 Å². The van der Waals surface area contributed by atoms with Gasteiger partial charge in [0.05, 0.1) is 10.9 Å². The van der Waals surface area contributed by atoms with E-state index in [4.69, 9.17) is 0 Å². The minimum absolute atomic E-state index is 0.0349. The van der Waals surface area contributed by atoms with Crippen molar-refractivity contribution in [2.24, 2.45) is 4.99 Å². The van der Waals surface area contributed by atoms with Crippen molar-refractivity contribution in [3.63, 3.8) is 0 Å². The fourth-order valence-corrected chi connectivity index (χ4v) is 2.87. The van der Waals surface area contributed by atoms with Gasteiger partial charge in [0, 0.05) is 0 Å². The molecule has 1 N–H and O–H groups in total. The van der Waals surface area contributed by atoms with Crippen molar-refractivity contribution in [1.29, 1.82) is 0 Å². The summed E-state index contributed by atoms with van der Waals surface area (Å²) < 4.78 is 0. The number of benzene rings is 1. The van der Waals surface area contributed by atoms with Gasteiger partial charge in [0.15, 0.2) is 5.17 Å². The van der Waals surface area contributed by atoms with Gasteiger partial charge in [-0.15, -0.1) is 0 Å². The van der Waals surface area contributed by atoms with E-state index < -0.39 is 0 Å². The molecule has 1 atom stereocenters. The molecule has 0 saturated carbocycles. The normalized spacial score (nSPS) is 21.3.